The first-order chi connectivity index (χ1) is 8.62. The predicted molar refractivity (Wildman–Crippen MR) is 73.9 cm³/mol. The molecule has 0 saturated carbocycles. The van der Waals surface area contributed by atoms with Gasteiger partial charge in [-0.2, -0.15) is 0 Å². The SMILES string of the molecule is CC1(C)Cc2cc(CNC3CC=CC3)ccc2O1. The molecule has 0 saturated heterocycles. The molecule has 1 heterocycles. The fourth-order valence-electron chi connectivity index (χ4n) is 2.82. The van der Waals surface area contributed by atoms with Gasteiger partial charge in [0.25, 0.3) is 0 Å². The summed E-state index contributed by atoms with van der Waals surface area (Å²) in [6, 6.07) is 7.22. The standard InChI is InChI=1S/C16H21NO/c1-16(2)10-13-9-12(7-8-15(13)18-16)11-17-14-5-3-4-6-14/h3-4,7-9,14,17H,5-6,10-11H2,1-2H3. The summed E-state index contributed by atoms with van der Waals surface area (Å²) in [6.45, 7) is 5.25. The summed E-state index contributed by atoms with van der Waals surface area (Å²) >= 11 is 0. The number of benzene rings is 1. The molecule has 1 aromatic rings. The predicted octanol–water partition coefficient (Wildman–Crippen LogP) is 3.21. The Morgan fingerprint density at radius 1 is 1.28 bits per heavy atom. The first kappa shape index (κ1) is 11.8. The van der Waals surface area contributed by atoms with Gasteiger partial charge < -0.3 is 10.1 Å². The fourth-order valence-corrected chi connectivity index (χ4v) is 2.82. The van der Waals surface area contributed by atoms with Crippen LogP contribution >= 0.6 is 0 Å². The molecule has 2 nitrogen and oxygen atoms in total. The van der Waals surface area contributed by atoms with E-state index in [1.165, 1.54) is 24.0 Å². The molecule has 1 aliphatic carbocycles. The van der Waals surface area contributed by atoms with Gasteiger partial charge in [0, 0.05) is 19.0 Å². The molecule has 1 aromatic carbocycles. The maximum atomic E-state index is 5.90. The molecule has 0 radical (unpaired) electrons. The minimum Gasteiger partial charge on any atom is -0.487 e. The molecule has 0 atom stereocenters. The summed E-state index contributed by atoms with van der Waals surface area (Å²) in [4.78, 5) is 0. The van der Waals surface area contributed by atoms with E-state index in [4.69, 9.17) is 4.74 Å². The van der Waals surface area contributed by atoms with E-state index in [9.17, 15) is 0 Å². The highest BCUT2D eigenvalue weighted by Crippen LogP contribution is 2.35. The highest BCUT2D eigenvalue weighted by atomic mass is 16.5. The van der Waals surface area contributed by atoms with E-state index in [0.29, 0.717) is 6.04 Å². The Labute approximate surface area is 109 Å². The van der Waals surface area contributed by atoms with Crippen LogP contribution in [-0.2, 0) is 13.0 Å². The molecule has 0 bridgehead atoms. The van der Waals surface area contributed by atoms with E-state index < -0.39 is 0 Å². The quantitative estimate of drug-likeness (QED) is 0.823. The molecule has 18 heavy (non-hydrogen) atoms. The number of hydrogen-bond donors (Lipinski definition) is 1. The van der Waals surface area contributed by atoms with Gasteiger partial charge in [-0.3, -0.25) is 0 Å². The van der Waals surface area contributed by atoms with Gasteiger partial charge in [-0.1, -0.05) is 24.3 Å². The van der Waals surface area contributed by atoms with E-state index >= 15 is 0 Å². The van der Waals surface area contributed by atoms with Crippen LogP contribution < -0.4 is 10.1 Å². The van der Waals surface area contributed by atoms with Gasteiger partial charge in [0.2, 0.25) is 0 Å². The summed E-state index contributed by atoms with van der Waals surface area (Å²) in [5, 5.41) is 3.61. The molecule has 1 N–H and O–H groups in total. The van der Waals surface area contributed by atoms with Gasteiger partial charge in [-0.25, -0.2) is 0 Å². The zero-order chi connectivity index (χ0) is 12.6. The molecule has 2 heteroatoms. The van der Waals surface area contributed by atoms with Crippen LogP contribution in [0.4, 0.5) is 0 Å². The van der Waals surface area contributed by atoms with Gasteiger partial charge in [0.1, 0.15) is 11.4 Å². The molecule has 0 unspecified atom stereocenters. The minimum atomic E-state index is -0.0379. The number of hydrogen-bond acceptors (Lipinski definition) is 2. The van der Waals surface area contributed by atoms with Crippen molar-refractivity contribution in [3.8, 4) is 5.75 Å². The highest BCUT2D eigenvalue weighted by Gasteiger charge is 2.29. The minimum absolute atomic E-state index is 0.0379. The second-order valence-electron chi connectivity index (χ2n) is 6.00. The molecular weight excluding hydrogens is 222 g/mol. The van der Waals surface area contributed by atoms with Crippen LogP contribution in [-0.4, -0.2) is 11.6 Å². The van der Waals surface area contributed by atoms with E-state index in [1.54, 1.807) is 0 Å². The van der Waals surface area contributed by atoms with Gasteiger partial charge in [0.15, 0.2) is 0 Å². The lowest BCUT2D eigenvalue weighted by molar-refractivity contribution is 0.138. The summed E-state index contributed by atoms with van der Waals surface area (Å²) in [6.07, 6.45) is 7.87. The van der Waals surface area contributed by atoms with Crippen molar-refractivity contribution in [3.63, 3.8) is 0 Å². The van der Waals surface area contributed by atoms with Crippen molar-refractivity contribution in [1.29, 1.82) is 0 Å². The summed E-state index contributed by atoms with van der Waals surface area (Å²) in [5.41, 5.74) is 2.68. The van der Waals surface area contributed by atoms with Crippen LogP contribution in [0.2, 0.25) is 0 Å². The monoisotopic (exact) mass is 243 g/mol. The van der Waals surface area contributed by atoms with Crippen molar-refractivity contribution in [2.75, 3.05) is 0 Å². The average molecular weight is 243 g/mol. The average Bonchev–Trinajstić information content (AvgIpc) is 2.90. The smallest absolute Gasteiger partial charge is 0.123 e. The molecule has 0 amide bonds. The van der Waals surface area contributed by atoms with Crippen LogP contribution in [0, 0.1) is 0 Å². The Kier molecular flexibility index (Phi) is 2.90. The Balaban J connectivity index is 1.64. The van der Waals surface area contributed by atoms with Gasteiger partial charge in [0.05, 0.1) is 0 Å². The van der Waals surface area contributed by atoms with Crippen molar-refractivity contribution in [2.24, 2.45) is 0 Å². The van der Waals surface area contributed by atoms with Gasteiger partial charge in [-0.05, 0) is 43.9 Å². The second-order valence-corrected chi connectivity index (χ2v) is 6.00. The van der Waals surface area contributed by atoms with Crippen LogP contribution in [0.1, 0.15) is 37.8 Å². The van der Waals surface area contributed by atoms with Crippen molar-refractivity contribution in [2.45, 2.75) is 51.3 Å². The molecule has 1 aliphatic heterocycles. The third-order valence-corrected chi connectivity index (χ3v) is 3.73. The fraction of sp³-hybridized carbons (Fsp3) is 0.500. The molecule has 3 rings (SSSR count). The lowest BCUT2D eigenvalue weighted by Gasteiger charge is -2.16. The largest absolute Gasteiger partial charge is 0.487 e. The summed E-state index contributed by atoms with van der Waals surface area (Å²) < 4.78 is 5.90. The lowest BCUT2D eigenvalue weighted by atomic mass is 10.00. The van der Waals surface area contributed by atoms with Crippen molar-refractivity contribution < 1.29 is 4.74 Å². The normalized spacial score (nSPS) is 21.0. The van der Waals surface area contributed by atoms with E-state index in [-0.39, 0.29) is 5.60 Å². The second kappa shape index (κ2) is 4.43. The Morgan fingerprint density at radius 2 is 2.06 bits per heavy atom. The van der Waals surface area contributed by atoms with Crippen LogP contribution in [0.15, 0.2) is 30.4 Å². The Hall–Kier alpha value is -1.28. The molecule has 0 aromatic heterocycles. The molecular formula is C16H21NO. The molecule has 2 aliphatic rings. The third kappa shape index (κ3) is 2.44. The van der Waals surface area contributed by atoms with Crippen LogP contribution in [0.5, 0.6) is 5.75 Å². The molecule has 0 fully saturated rings. The van der Waals surface area contributed by atoms with Crippen molar-refractivity contribution in [1.82, 2.24) is 5.32 Å². The number of fused-ring (bicyclic) bond motifs is 1. The van der Waals surface area contributed by atoms with Gasteiger partial charge >= 0.3 is 0 Å². The third-order valence-electron chi connectivity index (χ3n) is 3.73. The zero-order valence-electron chi connectivity index (χ0n) is 11.2. The zero-order valence-corrected chi connectivity index (χ0v) is 11.2. The van der Waals surface area contributed by atoms with Crippen LogP contribution in [0.25, 0.3) is 0 Å². The summed E-state index contributed by atoms with van der Waals surface area (Å²) in [5.74, 6) is 1.06. The molecule has 0 spiro atoms. The van der Waals surface area contributed by atoms with Crippen molar-refractivity contribution >= 4 is 0 Å². The van der Waals surface area contributed by atoms with Gasteiger partial charge in [-0.15, -0.1) is 0 Å². The maximum Gasteiger partial charge on any atom is 0.123 e. The van der Waals surface area contributed by atoms with Crippen LogP contribution in [0.3, 0.4) is 0 Å². The topological polar surface area (TPSA) is 21.3 Å². The van der Waals surface area contributed by atoms with E-state index in [0.717, 1.165) is 18.7 Å². The first-order valence-corrected chi connectivity index (χ1v) is 6.82. The summed E-state index contributed by atoms with van der Waals surface area (Å²) in [7, 11) is 0. The van der Waals surface area contributed by atoms with E-state index in [2.05, 4.69) is 49.5 Å². The lowest BCUT2D eigenvalue weighted by Crippen LogP contribution is -2.25. The maximum absolute atomic E-state index is 5.90. The van der Waals surface area contributed by atoms with Crippen molar-refractivity contribution in [3.05, 3.63) is 41.5 Å². The number of ether oxygens (including phenoxy) is 1. The molecule has 96 valence electrons. The number of rotatable bonds is 3. The Morgan fingerprint density at radius 3 is 2.83 bits per heavy atom. The first-order valence-electron chi connectivity index (χ1n) is 6.82. The van der Waals surface area contributed by atoms with E-state index in [1.807, 2.05) is 0 Å². The highest BCUT2D eigenvalue weighted by molar-refractivity contribution is 5.41. The number of nitrogens with one attached hydrogen (secondary N) is 1. The Bertz CT molecular complexity index is 468.